The summed E-state index contributed by atoms with van der Waals surface area (Å²) in [5.41, 5.74) is -3.36. The summed E-state index contributed by atoms with van der Waals surface area (Å²) >= 11 is 0. The second-order valence-electron chi connectivity index (χ2n) is 6.49. The molecule has 1 heterocycles. The maximum absolute atomic E-state index is 13.3. The Morgan fingerprint density at radius 3 is 2.24 bits per heavy atom. The van der Waals surface area contributed by atoms with Crippen molar-refractivity contribution in [2.24, 2.45) is 10.5 Å². The summed E-state index contributed by atoms with van der Waals surface area (Å²) in [6, 6.07) is 8.96. The summed E-state index contributed by atoms with van der Waals surface area (Å²) in [4.78, 5) is 15.3. The summed E-state index contributed by atoms with van der Waals surface area (Å²) < 4.78 is 40.7. The first-order valence-electron chi connectivity index (χ1n) is 7.40. The number of benzene rings is 1. The molecule has 0 N–H and O–H groups in total. The van der Waals surface area contributed by atoms with Crippen molar-refractivity contribution in [2.45, 2.75) is 26.9 Å². The summed E-state index contributed by atoms with van der Waals surface area (Å²) in [5, 5.41) is 4.05. The molecule has 0 aliphatic carbocycles. The van der Waals surface area contributed by atoms with Gasteiger partial charge >= 0.3 is 6.18 Å². The van der Waals surface area contributed by atoms with E-state index in [2.05, 4.69) is 9.95 Å². The lowest BCUT2D eigenvalue weighted by molar-refractivity contribution is -0.136. The smallest absolute Gasteiger partial charge is 0.281 e. The van der Waals surface area contributed by atoms with Crippen LogP contribution >= 0.6 is 0 Å². The minimum atomic E-state index is -4.81. The van der Waals surface area contributed by atoms with Crippen molar-refractivity contribution < 1.29 is 13.2 Å². The average Bonchev–Trinajstić information content (AvgIpc) is 2.52. The zero-order valence-corrected chi connectivity index (χ0v) is 13.9. The first-order valence-corrected chi connectivity index (χ1v) is 7.40. The lowest BCUT2D eigenvalue weighted by Crippen LogP contribution is -2.23. The van der Waals surface area contributed by atoms with Crippen molar-refractivity contribution >= 4 is 11.9 Å². The Bertz CT molecular complexity index is 899. The zero-order valence-electron chi connectivity index (χ0n) is 13.9. The van der Waals surface area contributed by atoms with Crippen molar-refractivity contribution in [1.29, 1.82) is 0 Å². The van der Waals surface area contributed by atoms with E-state index in [0.717, 1.165) is 10.7 Å². The average molecular weight is 347 g/mol. The van der Waals surface area contributed by atoms with Gasteiger partial charge in [0, 0.05) is 11.8 Å². The van der Waals surface area contributed by atoms with Gasteiger partial charge in [-0.3, -0.25) is 4.79 Å². The van der Waals surface area contributed by atoms with Gasteiger partial charge in [-0.2, -0.15) is 18.3 Å². The van der Waals surface area contributed by atoms with Crippen LogP contribution in [0.25, 0.3) is 16.1 Å². The van der Waals surface area contributed by atoms with Gasteiger partial charge in [-0.05, 0) is 11.5 Å². The van der Waals surface area contributed by atoms with Gasteiger partial charge in [0.1, 0.15) is 0 Å². The third kappa shape index (κ3) is 4.15. The number of halogens is 3. The molecule has 1 aromatic heterocycles. The predicted molar refractivity (Wildman–Crippen MR) is 90.7 cm³/mol. The molecule has 0 atom stereocenters. The van der Waals surface area contributed by atoms with Gasteiger partial charge < -0.3 is 0 Å². The number of hydrogen-bond acceptors (Lipinski definition) is 2. The van der Waals surface area contributed by atoms with Gasteiger partial charge in [-0.15, -0.1) is 0 Å². The van der Waals surface area contributed by atoms with E-state index in [-0.39, 0.29) is 5.69 Å². The Hall–Kier alpha value is -2.88. The summed E-state index contributed by atoms with van der Waals surface area (Å²) in [6.45, 7) is 12.5. The summed E-state index contributed by atoms with van der Waals surface area (Å²) in [6.07, 6.45) is -3.35. The van der Waals surface area contributed by atoms with Crippen LogP contribution in [-0.2, 0) is 6.18 Å². The van der Waals surface area contributed by atoms with Gasteiger partial charge in [0.2, 0.25) is 0 Å². The minimum Gasteiger partial charge on any atom is -0.281 e. The molecule has 2 rings (SSSR count). The topological polar surface area (TPSA) is 38.7 Å². The number of pyridine rings is 1. The molecule has 0 saturated carbocycles. The molecule has 1 aromatic carbocycles. The number of rotatable bonds is 2. The molecule has 0 bridgehead atoms. The molecule has 0 aliphatic rings. The predicted octanol–water partition coefficient (Wildman–Crippen LogP) is 4.96. The van der Waals surface area contributed by atoms with Gasteiger partial charge in [0.25, 0.3) is 11.2 Å². The third-order valence-corrected chi connectivity index (χ3v) is 3.21. The van der Waals surface area contributed by atoms with E-state index in [0.29, 0.717) is 5.56 Å². The van der Waals surface area contributed by atoms with E-state index in [1.165, 1.54) is 6.21 Å². The van der Waals surface area contributed by atoms with E-state index >= 15 is 0 Å². The summed E-state index contributed by atoms with van der Waals surface area (Å²) in [5.74, 6) is 0. The number of hydrogen-bond donors (Lipinski definition) is 0. The van der Waals surface area contributed by atoms with Crippen LogP contribution in [0.2, 0.25) is 0 Å². The van der Waals surface area contributed by atoms with Crippen molar-refractivity contribution in [1.82, 2.24) is 4.68 Å². The van der Waals surface area contributed by atoms with Gasteiger partial charge in [0.15, 0.2) is 0 Å². The van der Waals surface area contributed by atoms with E-state index in [4.69, 9.17) is 6.57 Å². The molecule has 0 amide bonds. The lowest BCUT2D eigenvalue weighted by atomic mass is 9.99. The fourth-order valence-corrected chi connectivity index (χ4v) is 2.08. The van der Waals surface area contributed by atoms with Gasteiger partial charge in [-0.25, -0.2) is 9.52 Å². The molecule has 130 valence electrons. The molecule has 0 aliphatic heterocycles. The molecular formula is C18H16F3N3O. The third-order valence-electron chi connectivity index (χ3n) is 3.21. The summed E-state index contributed by atoms with van der Waals surface area (Å²) in [7, 11) is 0. The standard InChI is InChI=1S/C18H16F3N3O/c1-17(2,3)11-23-24-14(12-8-6-5-7-9-12)10-13(18(19,20)21)15(22-4)16(24)25/h5-11H,1-3H3/b23-11+. The Kier molecular flexibility index (Phi) is 4.84. The molecule has 0 saturated heterocycles. The Labute approximate surface area is 143 Å². The quantitative estimate of drug-likeness (QED) is 0.559. The number of alkyl halides is 3. The van der Waals surface area contributed by atoms with Crippen molar-refractivity contribution in [3.8, 4) is 11.3 Å². The molecule has 0 radical (unpaired) electrons. The molecular weight excluding hydrogens is 331 g/mol. The van der Waals surface area contributed by atoms with Crippen LogP contribution in [0.3, 0.4) is 0 Å². The second-order valence-corrected chi connectivity index (χ2v) is 6.49. The van der Waals surface area contributed by atoms with Crippen molar-refractivity contribution in [3.63, 3.8) is 0 Å². The van der Waals surface area contributed by atoms with E-state index < -0.39 is 28.4 Å². The molecule has 2 aromatic rings. The van der Waals surface area contributed by atoms with Crippen LogP contribution in [-0.4, -0.2) is 10.9 Å². The monoisotopic (exact) mass is 347 g/mol. The lowest BCUT2D eigenvalue weighted by Gasteiger charge is -2.16. The minimum absolute atomic E-state index is 0.0224. The fourth-order valence-electron chi connectivity index (χ4n) is 2.08. The van der Waals surface area contributed by atoms with Crippen LogP contribution in [0.4, 0.5) is 18.9 Å². The van der Waals surface area contributed by atoms with Crippen LogP contribution < -0.4 is 5.56 Å². The highest BCUT2D eigenvalue weighted by molar-refractivity contribution is 5.68. The van der Waals surface area contributed by atoms with Gasteiger partial charge in [0.05, 0.1) is 17.8 Å². The van der Waals surface area contributed by atoms with E-state index in [1.807, 2.05) is 20.8 Å². The normalized spacial score (nSPS) is 12.4. The van der Waals surface area contributed by atoms with Crippen LogP contribution in [0.15, 0.2) is 46.3 Å². The van der Waals surface area contributed by atoms with Gasteiger partial charge in [-0.1, -0.05) is 51.1 Å². The number of nitrogens with zero attached hydrogens (tertiary/aromatic N) is 3. The van der Waals surface area contributed by atoms with Crippen LogP contribution in [0.1, 0.15) is 26.3 Å². The Morgan fingerprint density at radius 2 is 1.76 bits per heavy atom. The Morgan fingerprint density at radius 1 is 1.16 bits per heavy atom. The molecule has 25 heavy (non-hydrogen) atoms. The zero-order chi connectivity index (χ0) is 18.8. The van der Waals surface area contributed by atoms with Crippen molar-refractivity contribution in [2.75, 3.05) is 0 Å². The van der Waals surface area contributed by atoms with Crippen LogP contribution in [0.5, 0.6) is 0 Å². The van der Waals surface area contributed by atoms with E-state index in [9.17, 15) is 18.0 Å². The highest BCUT2D eigenvalue weighted by atomic mass is 19.4. The highest BCUT2D eigenvalue weighted by Crippen LogP contribution is 2.37. The molecule has 0 spiro atoms. The SMILES string of the molecule is [C-]#[N+]c1c(C(F)(F)F)cc(-c2ccccc2)n(/N=C/C(C)(C)C)c1=O. The first kappa shape index (κ1) is 18.5. The maximum Gasteiger partial charge on any atom is 0.407 e. The van der Waals surface area contributed by atoms with E-state index in [1.54, 1.807) is 30.3 Å². The molecule has 7 heteroatoms. The molecule has 4 nitrogen and oxygen atoms in total. The largest absolute Gasteiger partial charge is 0.407 e. The number of aromatic nitrogens is 1. The highest BCUT2D eigenvalue weighted by Gasteiger charge is 2.36. The fraction of sp³-hybridized carbons (Fsp3) is 0.278. The molecule has 0 unspecified atom stereocenters. The Balaban J connectivity index is 2.88. The first-order chi connectivity index (χ1) is 11.5. The maximum atomic E-state index is 13.3. The molecule has 0 fully saturated rings. The van der Waals surface area contributed by atoms with Crippen LogP contribution in [0, 0.1) is 12.0 Å². The van der Waals surface area contributed by atoms with Crippen molar-refractivity contribution in [3.05, 3.63) is 63.7 Å². The second kappa shape index (κ2) is 6.55.